The molecule has 1 aliphatic heterocycles. The molecule has 8 nitrogen and oxygen atoms in total. The quantitative estimate of drug-likeness (QED) is 0.733. The summed E-state index contributed by atoms with van der Waals surface area (Å²) in [7, 11) is 3.14. The predicted molar refractivity (Wildman–Crippen MR) is 78.6 cm³/mol. The van der Waals surface area contributed by atoms with Crippen molar-refractivity contribution in [2.75, 3.05) is 27.4 Å². The summed E-state index contributed by atoms with van der Waals surface area (Å²) in [5, 5.41) is 8.79. The summed E-state index contributed by atoms with van der Waals surface area (Å²) in [6.45, 7) is 0.157. The minimum absolute atomic E-state index is 0.194. The molecule has 8 heteroatoms. The van der Waals surface area contributed by atoms with E-state index in [9.17, 15) is 9.59 Å². The third-order valence-corrected chi connectivity index (χ3v) is 3.52. The molecule has 22 heavy (non-hydrogen) atoms. The van der Waals surface area contributed by atoms with Crippen molar-refractivity contribution in [3.05, 3.63) is 38.7 Å². The summed E-state index contributed by atoms with van der Waals surface area (Å²) < 4.78 is 17.5. The van der Waals surface area contributed by atoms with E-state index in [-0.39, 0.29) is 24.4 Å². The monoisotopic (exact) mass is 312 g/mol. The number of aromatic nitrogens is 2. The van der Waals surface area contributed by atoms with E-state index in [4.69, 9.17) is 19.3 Å². The van der Waals surface area contributed by atoms with Gasteiger partial charge in [0.1, 0.15) is 12.3 Å². The number of nitrogens with one attached hydrogen (secondary N) is 1. The average molecular weight is 312 g/mol. The number of H-pyrrole nitrogens is 1. The van der Waals surface area contributed by atoms with Gasteiger partial charge < -0.3 is 19.3 Å². The van der Waals surface area contributed by atoms with Crippen LogP contribution in [-0.2, 0) is 14.2 Å². The number of hydrogen-bond acceptors (Lipinski definition) is 6. The maximum atomic E-state index is 12.0. The van der Waals surface area contributed by atoms with Crippen molar-refractivity contribution < 1.29 is 19.3 Å². The van der Waals surface area contributed by atoms with Crippen LogP contribution in [0.4, 0.5) is 0 Å². The molecule has 122 valence electrons. The van der Waals surface area contributed by atoms with Gasteiger partial charge in [-0.05, 0) is 6.08 Å². The summed E-state index contributed by atoms with van der Waals surface area (Å²) in [6, 6.07) is 0. The number of ether oxygens (including phenoxy) is 3. The lowest BCUT2D eigenvalue weighted by molar-refractivity contribution is -0.0618. The Kier molecular flexibility index (Phi) is 5.67. The minimum atomic E-state index is -0.552. The third kappa shape index (κ3) is 3.53. The Morgan fingerprint density at radius 2 is 2.27 bits per heavy atom. The highest BCUT2D eigenvalue weighted by Gasteiger charge is 2.36. The second kappa shape index (κ2) is 7.50. The first-order valence-corrected chi connectivity index (χ1v) is 6.90. The van der Waals surface area contributed by atoms with E-state index in [2.05, 4.69) is 4.98 Å². The van der Waals surface area contributed by atoms with E-state index in [1.807, 2.05) is 0 Å². The Morgan fingerprint density at radius 3 is 2.91 bits per heavy atom. The first-order valence-electron chi connectivity index (χ1n) is 6.90. The van der Waals surface area contributed by atoms with Crippen LogP contribution < -0.4 is 11.2 Å². The molecular weight excluding hydrogens is 292 g/mol. The van der Waals surface area contributed by atoms with Crippen molar-refractivity contribution in [1.29, 1.82) is 0 Å². The second-order valence-electron chi connectivity index (χ2n) is 4.93. The van der Waals surface area contributed by atoms with Gasteiger partial charge in [-0.3, -0.25) is 14.3 Å². The van der Waals surface area contributed by atoms with Crippen LogP contribution in [0.2, 0.25) is 0 Å². The third-order valence-electron chi connectivity index (χ3n) is 3.52. The van der Waals surface area contributed by atoms with E-state index < -0.39 is 17.5 Å². The Bertz CT molecular complexity index is 635. The molecule has 2 rings (SSSR count). The molecule has 1 aromatic rings. The zero-order valence-corrected chi connectivity index (χ0v) is 12.5. The molecular formula is C14H20N2O6. The summed E-state index contributed by atoms with van der Waals surface area (Å²) in [5.41, 5.74) is -0.800. The lowest BCUT2D eigenvalue weighted by atomic mass is 10.2. The zero-order valence-electron chi connectivity index (χ0n) is 12.5. The number of rotatable bonds is 6. The topological polar surface area (TPSA) is 103 Å². The Labute approximate surface area is 126 Å². The normalized spacial score (nSPS) is 25.1. The molecule has 2 unspecified atom stereocenters. The van der Waals surface area contributed by atoms with Gasteiger partial charge in [-0.25, -0.2) is 4.79 Å². The maximum absolute atomic E-state index is 12.0. The van der Waals surface area contributed by atoms with Crippen LogP contribution in [0.15, 0.2) is 21.9 Å². The number of aliphatic hydroxyl groups is 1. The van der Waals surface area contributed by atoms with Crippen molar-refractivity contribution in [2.45, 2.75) is 24.9 Å². The highest BCUT2D eigenvalue weighted by Crippen LogP contribution is 2.29. The van der Waals surface area contributed by atoms with Gasteiger partial charge in [-0.2, -0.15) is 0 Å². The van der Waals surface area contributed by atoms with Crippen LogP contribution >= 0.6 is 0 Å². The molecule has 0 aliphatic carbocycles. The molecule has 2 N–H and O–H groups in total. The van der Waals surface area contributed by atoms with Crippen LogP contribution in [0.5, 0.6) is 0 Å². The summed E-state index contributed by atoms with van der Waals surface area (Å²) >= 11 is 0. The SMILES string of the molecule is COCC1O[C@@H](n2cc(C=CCO)c(=O)[nH]c2=O)CC1OC. The van der Waals surface area contributed by atoms with Gasteiger partial charge >= 0.3 is 5.69 Å². The van der Waals surface area contributed by atoms with Crippen LogP contribution in [0.3, 0.4) is 0 Å². The molecule has 0 amide bonds. The number of hydrogen-bond donors (Lipinski definition) is 2. The average Bonchev–Trinajstić information content (AvgIpc) is 2.89. The lowest BCUT2D eigenvalue weighted by Crippen LogP contribution is -2.33. The molecule has 3 atom stereocenters. The van der Waals surface area contributed by atoms with Gasteiger partial charge in [-0.15, -0.1) is 0 Å². The molecule has 2 heterocycles. The predicted octanol–water partition coefficient (Wildman–Crippen LogP) is -0.509. The van der Waals surface area contributed by atoms with Crippen LogP contribution in [0, 0.1) is 0 Å². The van der Waals surface area contributed by atoms with Gasteiger partial charge in [0.25, 0.3) is 5.56 Å². The first-order chi connectivity index (χ1) is 10.6. The number of aliphatic hydroxyl groups excluding tert-OH is 1. The lowest BCUT2D eigenvalue weighted by Gasteiger charge is -2.16. The zero-order chi connectivity index (χ0) is 16.1. The van der Waals surface area contributed by atoms with Gasteiger partial charge in [-0.1, -0.05) is 6.08 Å². The van der Waals surface area contributed by atoms with Crippen LogP contribution in [0.1, 0.15) is 18.2 Å². The van der Waals surface area contributed by atoms with E-state index in [0.29, 0.717) is 13.0 Å². The summed E-state index contributed by atoms with van der Waals surface area (Å²) in [5.74, 6) is 0. The summed E-state index contributed by atoms with van der Waals surface area (Å²) in [6.07, 6.45) is 3.73. The van der Waals surface area contributed by atoms with Gasteiger partial charge in [0.15, 0.2) is 0 Å². The van der Waals surface area contributed by atoms with Gasteiger partial charge in [0.05, 0.1) is 24.9 Å². The highest BCUT2D eigenvalue weighted by atomic mass is 16.6. The van der Waals surface area contributed by atoms with Crippen molar-refractivity contribution in [3.63, 3.8) is 0 Å². The summed E-state index contributed by atoms with van der Waals surface area (Å²) in [4.78, 5) is 25.9. The molecule has 1 saturated heterocycles. The molecule has 0 spiro atoms. The smallest absolute Gasteiger partial charge is 0.330 e. The Morgan fingerprint density at radius 1 is 1.50 bits per heavy atom. The van der Waals surface area contributed by atoms with E-state index in [0.717, 1.165) is 0 Å². The van der Waals surface area contributed by atoms with Crippen molar-refractivity contribution >= 4 is 6.08 Å². The fraction of sp³-hybridized carbons (Fsp3) is 0.571. The van der Waals surface area contributed by atoms with Crippen molar-refractivity contribution in [3.8, 4) is 0 Å². The van der Waals surface area contributed by atoms with E-state index in [1.165, 1.54) is 22.9 Å². The number of methoxy groups -OCH3 is 2. The minimum Gasteiger partial charge on any atom is -0.392 e. The van der Waals surface area contributed by atoms with Gasteiger partial charge in [0, 0.05) is 26.8 Å². The number of aromatic amines is 1. The second-order valence-corrected chi connectivity index (χ2v) is 4.93. The maximum Gasteiger partial charge on any atom is 0.330 e. The largest absolute Gasteiger partial charge is 0.392 e. The van der Waals surface area contributed by atoms with Crippen LogP contribution in [-0.4, -0.2) is 54.3 Å². The molecule has 1 aliphatic rings. The van der Waals surface area contributed by atoms with Gasteiger partial charge in [0.2, 0.25) is 0 Å². The Balaban J connectivity index is 2.31. The fourth-order valence-electron chi connectivity index (χ4n) is 2.45. The van der Waals surface area contributed by atoms with E-state index in [1.54, 1.807) is 14.2 Å². The Hall–Kier alpha value is -1.74. The fourth-order valence-corrected chi connectivity index (χ4v) is 2.45. The van der Waals surface area contributed by atoms with E-state index >= 15 is 0 Å². The van der Waals surface area contributed by atoms with Crippen molar-refractivity contribution in [1.82, 2.24) is 9.55 Å². The molecule has 1 fully saturated rings. The first kappa shape index (κ1) is 16.6. The standard InChI is InChI=1S/C14H20N2O6/c1-20-8-11-10(21-2)6-12(22-11)16-7-9(4-3-5-17)13(18)15-14(16)19/h3-4,7,10-12,17H,5-6,8H2,1-2H3,(H,15,18,19)/t10?,11?,12-/m1/s1. The highest BCUT2D eigenvalue weighted by molar-refractivity contribution is 5.46. The van der Waals surface area contributed by atoms with Crippen LogP contribution in [0.25, 0.3) is 6.08 Å². The van der Waals surface area contributed by atoms with Crippen molar-refractivity contribution in [2.24, 2.45) is 0 Å². The molecule has 0 bridgehead atoms. The molecule has 0 radical (unpaired) electrons. The molecule has 0 saturated carbocycles. The number of nitrogens with zero attached hydrogens (tertiary/aromatic N) is 1. The molecule has 1 aromatic heterocycles. The molecule has 0 aromatic carbocycles.